The smallest absolute Gasteiger partial charge is 0.275 e. The standard InChI is InChI=1S/C12H12N4O2/c1-9(17)13-5-3-2-4-10-6-11-12(18)14-8-15-16(11)7-10/h6-8H,3,5H2,1H3,(H,13,17)(H,14,15,18). The van der Waals surface area contributed by atoms with Crippen LogP contribution in [0.1, 0.15) is 18.9 Å². The first-order valence-corrected chi connectivity index (χ1v) is 5.46. The molecule has 6 heteroatoms. The lowest BCUT2D eigenvalue weighted by Crippen LogP contribution is -2.20. The Bertz CT molecular complexity index is 687. The molecule has 1 amide bonds. The van der Waals surface area contributed by atoms with E-state index in [1.54, 1.807) is 12.3 Å². The van der Waals surface area contributed by atoms with Gasteiger partial charge < -0.3 is 10.3 Å². The van der Waals surface area contributed by atoms with Gasteiger partial charge in [-0.25, -0.2) is 4.52 Å². The van der Waals surface area contributed by atoms with Gasteiger partial charge in [-0.3, -0.25) is 9.59 Å². The summed E-state index contributed by atoms with van der Waals surface area (Å²) in [7, 11) is 0. The van der Waals surface area contributed by atoms with Crippen LogP contribution in [-0.4, -0.2) is 27.0 Å². The van der Waals surface area contributed by atoms with Gasteiger partial charge in [0.1, 0.15) is 11.8 Å². The van der Waals surface area contributed by atoms with E-state index in [9.17, 15) is 9.59 Å². The topological polar surface area (TPSA) is 79.3 Å². The number of aromatic nitrogens is 3. The molecule has 2 N–H and O–H groups in total. The molecular formula is C12H12N4O2. The second kappa shape index (κ2) is 5.19. The highest BCUT2D eigenvalue weighted by Gasteiger charge is 2.00. The lowest BCUT2D eigenvalue weighted by atomic mass is 10.3. The summed E-state index contributed by atoms with van der Waals surface area (Å²) in [6.45, 7) is 1.99. The van der Waals surface area contributed by atoms with Gasteiger partial charge in [0, 0.05) is 31.6 Å². The van der Waals surface area contributed by atoms with E-state index in [1.165, 1.54) is 17.8 Å². The minimum atomic E-state index is -0.198. The highest BCUT2D eigenvalue weighted by molar-refractivity contribution is 5.72. The average molecular weight is 244 g/mol. The second-order valence-electron chi connectivity index (χ2n) is 3.71. The van der Waals surface area contributed by atoms with Crippen LogP contribution in [0.2, 0.25) is 0 Å². The largest absolute Gasteiger partial charge is 0.355 e. The number of carbonyl (C=O) groups is 1. The van der Waals surface area contributed by atoms with Crippen molar-refractivity contribution in [3.05, 3.63) is 34.5 Å². The molecule has 2 aromatic heterocycles. The van der Waals surface area contributed by atoms with Crippen molar-refractivity contribution in [1.82, 2.24) is 19.9 Å². The first-order chi connectivity index (χ1) is 8.66. The second-order valence-corrected chi connectivity index (χ2v) is 3.71. The Morgan fingerprint density at radius 3 is 3.17 bits per heavy atom. The molecule has 0 radical (unpaired) electrons. The predicted octanol–water partition coefficient (Wildman–Crippen LogP) is -0.0997. The van der Waals surface area contributed by atoms with Gasteiger partial charge in [-0.1, -0.05) is 11.8 Å². The quantitative estimate of drug-likeness (QED) is 0.572. The summed E-state index contributed by atoms with van der Waals surface area (Å²) in [6, 6.07) is 1.68. The first kappa shape index (κ1) is 11.9. The molecule has 0 aliphatic carbocycles. The Morgan fingerprint density at radius 2 is 2.44 bits per heavy atom. The number of H-pyrrole nitrogens is 1. The van der Waals surface area contributed by atoms with Crippen LogP contribution in [-0.2, 0) is 4.79 Å². The molecule has 2 aromatic rings. The molecule has 0 atom stereocenters. The number of amides is 1. The number of nitrogens with zero attached hydrogens (tertiary/aromatic N) is 2. The summed E-state index contributed by atoms with van der Waals surface area (Å²) in [6.07, 6.45) is 3.59. The lowest BCUT2D eigenvalue weighted by molar-refractivity contribution is -0.118. The molecule has 0 aliphatic heterocycles. The number of nitrogens with one attached hydrogen (secondary N) is 2. The summed E-state index contributed by atoms with van der Waals surface area (Å²) in [5, 5.41) is 6.62. The summed E-state index contributed by atoms with van der Waals surface area (Å²) < 4.78 is 1.48. The molecule has 0 aliphatic rings. The third-order valence-electron chi connectivity index (χ3n) is 2.27. The van der Waals surface area contributed by atoms with E-state index in [-0.39, 0.29) is 11.5 Å². The van der Waals surface area contributed by atoms with Crippen molar-refractivity contribution in [3.63, 3.8) is 0 Å². The fraction of sp³-hybridized carbons (Fsp3) is 0.250. The molecule has 0 bridgehead atoms. The van der Waals surface area contributed by atoms with Crippen LogP contribution in [0.4, 0.5) is 0 Å². The molecule has 0 unspecified atom stereocenters. The fourth-order valence-corrected chi connectivity index (χ4v) is 1.47. The Hall–Kier alpha value is -2.55. The summed E-state index contributed by atoms with van der Waals surface area (Å²) >= 11 is 0. The minimum absolute atomic E-state index is 0.0675. The third kappa shape index (κ3) is 2.77. The molecule has 0 saturated carbocycles. The fourth-order valence-electron chi connectivity index (χ4n) is 1.47. The van der Waals surface area contributed by atoms with Crippen LogP contribution in [0.15, 0.2) is 23.4 Å². The monoisotopic (exact) mass is 244 g/mol. The van der Waals surface area contributed by atoms with Gasteiger partial charge in [0.15, 0.2) is 0 Å². The van der Waals surface area contributed by atoms with Crippen LogP contribution in [0, 0.1) is 11.8 Å². The molecule has 0 fully saturated rings. The number of rotatable bonds is 2. The van der Waals surface area contributed by atoms with Gasteiger partial charge in [-0.2, -0.15) is 5.10 Å². The molecule has 6 nitrogen and oxygen atoms in total. The minimum Gasteiger partial charge on any atom is -0.355 e. The molecule has 18 heavy (non-hydrogen) atoms. The molecular weight excluding hydrogens is 232 g/mol. The van der Waals surface area contributed by atoms with Gasteiger partial charge in [0.2, 0.25) is 5.91 Å². The van der Waals surface area contributed by atoms with Crippen molar-refractivity contribution < 1.29 is 4.79 Å². The van der Waals surface area contributed by atoms with E-state index in [0.29, 0.717) is 18.5 Å². The maximum absolute atomic E-state index is 11.4. The van der Waals surface area contributed by atoms with Crippen molar-refractivity contribution in [2.24, 2.45) is 0 Å². The van der Waals surface area contributed by atoms with E-state index >= 15 is 0 Å². The Labute approximate surface area is 103 Å². The summed E-state index contributed by atoms with van der Waals surface area (Å²) in [5.74, 6) is 5.77. The van der Waals surface area contributed by atoms with Crippen molar-refractivity contribution >= 4 is 11.4 Å². The Balaban J connectivity index is 2.09. The zero-order valence-corrected chi connectivity index (χ0v) is 9.86. The van der Waals surface area contributed by atoms with Crippen molar-refractivity contribution in [2.45, 2.75) is 13.3 Å². The number of carbonyl (C=O) groups excluding carboxylic acids is 1. The lowest BCUT2D eigenvalue weighted by Gasteiger charge is -1.94. The van der Waals surface area contributed by atoms with E-state index in [0.717, 1.165) is 5.56 Å². The van der Waals surface area contributed by atoms with Crippen LogP contribution >= 0.6 is 0 Å². The molecule has 0 saturated heterocycles. The highest BCUT2D eigenvalue weighted by Crippen LogP contribution is 2.01. The number of fused-ring (bicyclic) bond motifs is 1. The predicted molar refractivity (Wildman–Crippen MR) is 66.0 cm³/mol. The van der Waals surface area contributed by atoms with Gasteiger partial charge in [0.25, 0.3) is 5.56 Å². The van der Waals surface area contributed by atoms with Gasteiger partial charge in [-0.15, -0.1) is 0 Å². The molecule has 0 spiro atoms. The van der Waals surface area contributed by atoms with Crippen molar-refractivity contribution in [1.29, 1.82) is 0 Å². The Kier molecular flexibility index (Phi) is 3.44. The van der Waals surface area contributed by atoms with Crippen LogP contribution in [0.5, 0.6) is 0 Å². The van der Waals surface area contributed by atoms with Crippen LogP contribution in [0.3, 0.4) is 0 Å². The molecule has 0 aromatic carbocycles. The van der Waals surface area contributed by atoms with E-state index < -0.39 is 0 Å². The third-order valence-corrected chi connectivity index (χ3v) is 2.27. The summed E-state index contributed by atoms with van der Waals surface area (Å²) in [4.78, 5) is 24.5. The zero-order chi connectivity index (χ0) is 13.0. The number of hydrogen-bond donors (Lipinski definition) is 2. The van der Waals surface area contributed by atoms with Crippen molar-refractivity contribution in [2.75, 3.05) is 6.54 Å². The maximum atomic E-state index is 11.4. The van der Waals surface area contributed by atoms with E-state index in [4.69, 9.17) is 0 Å². The SMILES string of the molecule is CC(=O)NCCC#Cc1cc2c(=O)[nH]cnn2c1. The number of aromatic amines is 1. The van der Waals surface area contributed by atoms with Gasteiger partial charge >= 0.3 is 0 Å². The summed E-state index contributed by atoms with van der Waals surface area (Å²) in [5.41, 5.74) is 0.988. The molecule has 92 valence electrons. The van der Waals surface area contributed by atoms with Crippen molar-refractivity contribution in [3.8, 4) is 11.8 Å². The maximum Gasteiger partial charge on any atom is 0.275 e. The Morgan fingerprint density at radius 1 is 1.61 bits per heavy atom. The normalized spacial score (nSPS) is 9.83. The number of hydrogen-bond acceptors (Lipinski definition) is 3. The van der Waals surface area contributed by atoms with E-state index in [2.05, 4.69) is 27.2 Å². The highest BCUT2D eigenvalue weighted by atomic mass is 16.1. The molecule has 2 rings (SSSR count). The average Bonchev–Trinajstić information content (AvgIpc) is 2.72. The van der Waals surface area contributed by atoms with Gasteiger partial charge in [-0.05, 0) is 6.07 Å². The van der Waals surface area contributed by atoms with Crippen LogP contribution < -0.4 is 10.9 Å². The molecule has 2 heterocycles. The first-order valence-electron chi connectivity index (χ1n) is 5.46. The van der Waals surface area contributed by atoms with Gasteiger partial charge in [0.05, 0.1) is 0 Å². The van der Waals surface area contributed by atoms with Crippen LogP contribution in [0.25, 0.3) is 5.52 Å². The zero-order valence-electron chi connectivity index (χ0n) is 9.86. The van der Waals surface area contributed by atoms with E-state index in [1.807, 2.05) is 0 Å².